The number of nitrogens with zero attached hydrogens (tertiary/aromatic N) is 2. The second-order valence-electron chi connectivity index (χ2n) is 20.3. The number of hydrogen-bond donors (Lipinski definition) is 10. The second-order valence-corrected chi connectivity index (χ2v) is 23.8. The molecule has 1 aliphatic rings. The number of carbonyl (C=O) groups is 3. The quantitative estimate of drug-likeness (QED) is 0.00846. The number of rotatable bonds is 20. The molecule has 1 aliphatic heterocycles. The van der Waals surface area contributed by atoms with Crippen molar-refractivity contribution in [3.8, 4) is 86.2 Å². The van der Waals surface area contributed by atoms with E-state index in [0.29, 0.717) is 95.1 Å². The van der Waals surface area contributed by atoms with Crippen LogP contribution in [-0.2, 0) is 9.23 Å². The molecule has 22 nitrogen and oxygen atoms in total. The molecule has 0 aliphatic carbocycles. The average molecular weight is 1490 g/mol. The molecule has 0 bridgehead atoms. The van der Waals surface area contributed by atoms with Gasteiger partial charge in [-0.15, -0.1) is 0 Å². The maximum Gasteiger partial charge on any atom is 0.211 e. The average Bonchev–Trinajstić information content (AvgIpc) is 1.65. The predicted octanol–water partition coefficient (Wildman–Crippen LogP) is 15.8. The number of aliphatic hydroxyl groups excluding tert-OH is 1. The third-order valence-corrected chi connectivity index (χ3v) is 13.3. The highest BCUT2D eigenvalue weighted by atomic mass is 36.0. The molecule has 0 radical (unpaired) electrons. The number of ether oxygens (including phenoxy) is 6. The van der Waals surface area contributed by atoms with Gasteiger partial charge in [-0.1, -0.05) is 37.9 Å². The van der Waals surface area contributed by atoms with Gasteiger partial charge >= 0.3 is 0 Å². The topological polar surface area (TPSA) is 359 Å². The van der Waals surface area contributed by atoms with E-state index in [-0.39, 0.29) is 71.3 Å². The number of allylic oxidation sites excluding steroid dienone is 1. The monoisotopic (exact) mass is 1490 g/mol. The van der Waals surface area contributed by atoms with E-state index in [4.69, 9.17) is 77.4 Å². The van der Waals surface area contributed by atoms with E-state index in [2.05, 4.69) is 38.7 Å². The fraction of sp³-hybridized carbons (Fsp3) is 0.173. The number of aldehydes is 1. The van der Waals surface area contributed by atoms with Crippen LogP contribution in [0.25, 0.3) is 6.08 Å². The van der Waals surface area contributed by atoms with Crippen LogP contribution in [0.1, 0.15) is 102 Å². The zero-order valence-corrected chi connectivity index (χ0v) is 59.4. The predicted molar refractivity (Wildman–Crippen MR) is 408 cm³/mol. The number of hydrogen-bond acceptors (Lipinski definition) is 21. The second kappa shape index (κ2) is 45.8. The molecule has 0 saturated carbocycles. The van der Waals surface area contributed by atoms with E-state index in [1.807, 2.05) is 118 Å². The number of Topliss-reactive ketones (excluding diaryl/α,β-unsaturated/α-hetero) is 1. The summed E-state index contributed by atoms with van der Waals surface area (Å²) in [5, 5.41) is 69.7. The number of aliphatic hydroxyl groups is 1. The molecule has 0 fully saturated rings. The molecule has 10 rings (SSSR count). The third kappa shape index (κ3) is 30.8. The number of ketones is 2. The summed E-state index contributed by atoms with van der Waals surface area (Å²) in [5.74, 6) is 5.11. The normalized spacial score (nSPS) is 11.4. The van der Waals surface area contributed by atoms with Crippen molar-refractivity contribution in [2.45, 2.75) is 54.5 Å². The summed E-state index contributed by atoms with van der Waals surface area (Å²) in [6.45, 7) is 11.5. The SMILES string of the molecule is C.CCO.CCOc1ccc(Oc2ccc(C(=O)/C=C/c3ccc(O)c(O)c3)cc2)cc1.CCOc1ccc(Oc2ccc(C(C)=O)cc2)cc1.CCOc1ccc(Oc2ccc(C3=NN(C(N)=S)C(c4ccc(O)c(O)c4)C3)cc2)cc1.NCC(N)=S.O=Cc1ccc(O)c(O)c1.O=S(Cl)Cl. The largest absolute Gasteiger partial charge is 0.504 e. The number of phenolic OH excluding ortho intramolecular Hbond substituents is 6. The van der Waals surface area contributed by atoms with Crippen LogP contribution in [0.2, 0.25) is 0 Å². The van der Waals surface area contributed by atoms with E-state index in [1.54, 1.807) is 85.6 Å². The molecule has 9 aromatic carbocycles. The first-order valence-corrected chi connectivity index (χ1v) is 34.2. The standard InChI is InChI=1S/C24H23N3O4S.C23H20O5.C16H16O3.C7H6O3.C2H6N2S.C2H6O.CH4.Cl2OS/c1-2-30-17-8-10-19(11-9-17)31-18-6-3-15(4-7-18)20-14-21(27(26-20)24(25)32)16-5-12-22(28)23(29)13-16;1-2-27-18-9-11-20(12-10-18)28-19-7-5-17(6-8-19)21(24)13-3-16-4-14-22(25)23(26)15-16;1-3-18-14-8-10-16(11-9-14)19-15-6-4-13(5-7-15)12(2)17;8-4-5-1-2-6(9)7(10)3-5;3-1-2(4)5;1-2-3;;1-4(2)3/h3-13,21,28-29H,2,14H2,1H3,(H2,25,32);3-15,25-26H,2H2,1H3;4-11H,3H2,1-2H3;1-4,9-10H;1,3H2,(H2,4,5);3H,2H2,1H3;1H4;/b;13-3+;;;;;;. The van der Waals surface area contributed by atoms with Crippen LogP contribution >= 0.6 is 45.8 Å². The molecule has 1 atom stereocenters. The summed E-state index contributed by atoms with van der Waals surface area (Å²) in [6.07, 6.45) is 4.12. The van der Waals surface area contributed by atoms with Crippen molar-refractivity contribution >= 4 is 94.8 Å². The van der Waals surface area contributed by atoms with Gasteiger partial charge in [0.1, 0.15) is 58.0 Å². The fourth-order valence-corrected chi connectivity index (χ4v) is 8.47. The number of aromatic hydroxyl groups is 6. The van der Waals surface area contributed by atoms with Crippen molar-refractivity contribution in [3.05, 3.63) is 240 Å². The van der Waals surface area contributed by atoms with Gasteiger partial charge in [0.15, 0.2) is 51.2 Å². The van der Waals surface area contributed by atoms with Gasteiger partial charge in [-0.25, -0.2) is 9.22 Å². The molecule has 13 N–H and O–H groups in total. The minimum atomic E-state index is -1.67. The van der Waals surface area contributed by atoms with Gasteiger partial charge in [-0.3, -0.25) is 14.4 Å². The molecule has 27 heteroatoms. The Labute approximate surface area is 614 Å². The number of halogens is 2. The Bertz CT molecular complexity index is 4170. The molecule has 0 aromatic heterocycles. The van der Waals surface area contributed by atoms with Gasteiger partial charge < -0.3 is 81.4 Å². The fourth-order valence-electron chi connectivity index (χ4n) is 8.30. The molecular weight excluding hydrogens is 1410 g/mol. The lowest BCUT2D eigenvalue weighted by molar-refractivity contribution is 0.101. The first kappa shape index (κ1) is 85.5. The van der Waals surface area contributed by atoms with Crippen molar-refractivity contribution in [2.24, 2.45) is 22.3 Å². The van der Waals surface area contributed by atoms with Crippen LogP contribution in [0.5, 0.6) is 86.2 Å². The highest BCUT2D eigenvalue weighted by molar-refractivity contribution is 8.26. The van der Waals surface area contributed by atoms with Gasteiger partial charge in [0, 0.05) is 57.6 Å². The first-order valence-electron chi connectivity index (χ1n) is 30.6. The van der Waals surface area contributed by atoms with Crippen LogP contribution in [0.3, 0.4) is 0 Å². The number of phenols is 6. The van der Waals surface area contributed by atoms with E-state index in [9.17, 15) is 34.8 Å². The maximum absolute atomic E-state index is 12.3. The van der Waals surface area contributed by atoms with Gasteiger partial charge in [-0.2, -0.15) is 5.10 Å². The Kier molecular flexibility index (Phi) is 38.4. The highest BCUT2D eigenvalue weighted by Crippen LogP contribution is 2.37. The third-order valence-electron chi connectivity index (χ3n) is 13.0. The lowest BCUT2D eigenvalue weighted by atomic mass is 9.98. The maximum atomic E-state index is 12.3. The minimum absolute atomic E-state index is 0. The Morgan fingerprint density at radius 1 is 0.539 bits per heavy atom. The summed E-state index contributed by atoms with van der Waals surface area (Å²) in [6, 6.07) is 56.3. The Hall–Kier alpha value is -10.8. The first-order chi connectivity index (χ1) is 48.3. The van der Waals surface area contributed by atoms with Gasteiger partial charge in [-0.05, 0) is 258 Å². The molecule has 1 unspecified atom stereocenters. The van der Waals surface area contributed by atoms with Crippen LogP contribution in [-0.4, -0.2) is 112 Å². The zero-order chi connectivity index (χ0) is 74.4. The smallest absolute Gasteiger partial charge is 0.211 e. The van der Waals surface area contributed by atoms with Crippen LogP contribution in [0.4, 0.5) is 0 Å². The molecule has 0 spiro atoms. The molecule has 540 valence electrons. The molecule has 0 saturated heterocycles. The van der Waals surface area contributed by atoms with Gasteiger partial charge in [0.05, 0.1) is 36.6 Å². The van der Waals surface area contributed by atoms with Crippen LogP contribution < -0.4 is 45.6 Å². The summed E-state index contributed by atoms with van der Waals surface area (Å²) in [7, 11) is 7.36. The van der Waals surface area contributed by atoms with E-state index >= 15 is 0 Å². The van der Waals surface area contributed by atoms with Crippen LogP contribution in [0, 0.1) is 0 Å². The number of benzene rings is 9. The molecule has 1 heterocycles. The van der Waals surface area contributed by atoms with E-state index < -0.39 is 9.23 Å². The van der Waals surface area contributed by atoms with Crippen molar-refractivity contribution in [3.63, 3.8) is 0 Å². The minimum Gasteiger partial charge on any atom is -0.504 e. The number of hydrazone groups is 1. The Morgan fingerprint density at radius 3 is 1.20 bits per heavy atom. The van der Waals surface area contributed by atoms with E-state index in [0.717, 1.165) is 39.8 Å². The lowest BCUT2D eigenvalue weighted by Crippen LogP contribution is -2.31. The Morgan fingerprint density at radius 2 is 0.863 bits per heavy atom. The molecular formula is C75H81Cl2N5O17S3. The number of thiocarbonyl (C=S) groups is 2. The van der Waals surface area contributed by atoms with Crippen molar-refractivity contribution < 1.29 is 82.8 Å². The number of nitrogens with two attached hydrogens (primary N) is 3. The summed E-state index contributed by atoms with van der Waals surface area (Å²) in [5.41, 5.74) is 20.3. The highest BCUT2D eigenvalue weighted by Gasteiger charge is 2.31. The molecule has 9 aromatic rings. The van der Waals surface area contributed by atoms with Crippen LogP contribution in [0.15, 0.2) is 211 Å². The van der Waals surface area contributed by atoms with Crippen molar-refractivity contribution in [1.29, 1.82) is 0 Å². The zero-order valence-electron chi connectivity index (χ0n) is 55.4. The Balaban J connectivity index is 0.000000350. The van der Waals surface area contributed by atoms with E-state index in [1.165, 1.54) is 48.5 Å². The summed E-state index contributed by atoms with van der Waals surface area (Å²) < 4.78 is 42.6. The van der Waals surface area contributed by atoms with Gasteiger partial charge in [0.2, 0.25) is 9.23 Å². The molecule has 0 amide bonds. The van der Waals surface area contributed by atoms with Crippen molar-refractivity contribution in [1.82, 2.24) is 5.01 Å². The number of carbonyl (C=O) groups excluding carboxylic acids is 3. The summed E-state index contributed by atoms with van der Waals surface area (Å²) in [4.78, 5) is 33.9. The van der Waals surface area contributed by atoms with Crippen molar-refractivity contribution in [2.75, 3.05) is 33.0 Å². The molecule has 102 heavy (non-hydrogen) atoms. The summed E-state index contributed by atoms with van der Waals surface area (Å²) >= 11 is 9.52. The lowest BCUT2D eigenvalue weighted by Gasteiger charge is -2.22. The van der Waals surface area contributed by atoms with Gasteiger partial charge in [0.25, 0.3) is 0 Å².